The van der Waals surface area contributed by atoms with Crippen LogP contribution in [0, 0.1) is 10.4 Å². The van der Waals surface area contributed by atoms with E-state index < -0.39 is 0 Å². The van der Waals surface area contributed by atoms with Crippen LogP contribution >= 0.6 is 0 Å². The van der Waals surface area contributed by atoms with Gasteiger partial charge in [0.1, 0.15) is 0 Å². The molecule has 0 saturated carbocycles. The predicted molar refractivity (Wildman–Crippen MR) is 100.0 cm³/mol. The minimum absolute atomic E-state index is 0.359. The molecule has 116 valence electrons. The van der Waals surface area contributed by atoms with Gasteiger partial charge in [-0.1, -0.05) is 78.9 Å². The van der Waals surface area contributed by atoms with Gasteiger partial charge < -0.3 is 0 Å². The van der Waals surface area contributed by atoms with E-state index in [-0.39, 0.29) is 0 Å². The van der Waals surface area contributed by atoms with Crippen molar-refractivity contribution in [1.29, 1.82) is 0 Å². The van der Waals surface area contributed by atoms with Crippen molar-refractivity contribution < 1.29 is 0 Å². The Morgan fingerprint density at radius 1 is 0.708 bits per heavy atom. The molecule has 1 unspecified atom stereocenters. The maximum absolute atomic E-state index is 2.46. The number of hydrogen-bond acceptors (Lipinski definition) is 0. The van der Waals surface area contributed by atoms with Crippen LogP contribution in [0.5, 0.6) is 0 Å². The van der Waals surface area contributed by atoms with Crippen molar-refractivity contribution in [2.45, 2.75) is 25.2 Å². The van der Waals surface area contributed by atoms with Crippen molar-refractivity contribution in [3.8, 4) is 0 Å². The first-order valence-electron chi connectivity index (χ1n) is 8.90. The first kappa shape index (κ1) is 13.8. The van der Waals surface area contributed by atoms with Gasteiger partial charge in [0.15, 0.2) is 0 Å². The molecule has 0 heteroatoms. The van der Waals surface area contributed by atoms with Gasteiger partial charge in [-0.05, 0) is 56.8 Å². The maximum Gasteiger partial charge on any atom is 0.0287 e. The normalized spacial score (nSPS) is 17.8. The summed E-state index contributed by atoms with van der Waals surface area (Å²) in [5.74, 6) is 0.359. The van der Waals surface area contributed by atoms with Crippen LogP contribution in [-0.4, -0.2) is 0 Å². The second-order valence-electron chi connectivity index (χ2n) is 6.83. The van der Waals surface area contributed by atoms with E-state index in [9.17, 15) is 0 Å². The van der Waals surface area contributed by atoms with E-state index in [0.29, 0.717) is 5.92 Å². The minimum Gasteiger partial charge on any atom is -0.0770 e. The van der Waals surface area contributed by atoms with Crippen LogP contribution < -0.4 is 10.4 Å². The summed E-state index contributed by atoms with van der Waals surface area (Å²) in [5.41, 5.74) is 4.50. The fourth-order valence-electron chi connectivity index (χ4n) is 4.35. The summed E-state index contributed by atoms with van der Waals surface area (Å²) in [5, 5.41) is 5.62. The lowest BCUT2D eigenvalue weighted by molar-refractivity contribution is 0.814. The molecule has 3 aromatic carbocycles. The lowest BCUT2D eigenvalue weighted by Gasteiger charge is -2.24. The molecule has 2 aliphatic rings. The Hall–Kier alpha value is -2.60. The monoisotopic (exact) mass is 308 g/mol. The van der Waals surface area contributed by atoms with Gasteiger partial charge in [-0.3, -0.25) is 0 Å². The van der Waals surface area contributed by atoms with Crippen LogP contribution in [0.3, 0.4) is 0 Å². The molecule has 0 fully saturated rings. The number of benzene rings is 3. The highest BCUT2D eigenvalue weighted by Gasteiger charge is 2.21. The third kappa shape index (κ3) is 2.06. The van der Waals surface area contributed by atoms with Gasteiger partial charge >= 0.3 is 0 Å². The maximum atomic E-state index is 2.46. The molecule has 2 aliphatic carbocycles. The Morgan fingerprint density at radius 3 is 2.46 bits per heavy atom. The second kappa shape index (κ2) is 5.49. The molecule has 0 aliphatic heterocycles. The Labute approximate surface area is 142 Å². The summed E-state index contributed by atoms with van der Waals surface area (Å²) in [6.45, 7) is 0. The van der Waals surface area contributed by atoms with E-state index >= 15 is 0 Å². The lowest BCUT2D eigenvalue weighted by atomic mass is 9.80. The van der Waals surface area contributed by atoms with Crippen LogP contribution in [0.25, 0.3) is 12.2 Å². The first-order chi connectivity index (χ1) is 11.9. The smallest absolute Gasteiger partial charge is 0.0287 e. The Balaban J connectivity index is 1.96. The van der Waals surface area contributed by atoms with Crippen LogP contribution in [0.2, 0.25) is 0 Å². The zero-order valence-corrected chi connectivity index (χ0v) is 13.7. The molecular formula is C24H20. The zero-order chi connectivity index (χ0) is 15.9. The SMILES string of the molecule is C1=c2ccc3c(c2CCC1)C(c1ccccc1)C=c1ccccc1=3. The molecule has 1 atom stereocenters. The number of hydrogen-bond donors (Lipinski definition) is 0. The molecular weight excluding hydrogens is 288 g/mol. The third-order valence-electron chi connectivity index (χ3n) is 5.46. The largest absolute Gasteiger partial charge is 0.0770 e. The molecule has 0 nitrogen and oxygen atoms in total. The first-order valence-corrected chi connectivity index (χ1v) is 8.90. The fraction of sp³-hybridized carbons (Fsp3) is 0.167. The van der Waals surface area contributed by atoms with E-state index in [1.807, 2.05) is 0 Å². The average molecular weight is 308 g/mol. The average Bonchev–Trinajstić information content (AvgIpc) is 2.67. The van der Waals surface area contributed by atoms with Gasteiger partial charge in [-0.15, -0.1) is 0 Å². The van der Waals surface area contributed by atoms with Crippen LogP contribution in [0.15, 0.2) is 66.7 Å². The lowest BCUT2D eigenvalue weighted by Crippen LogP contribution is -2.22. The molecule has 0 N–H and O–H groups in total. The highest BCUT2D eigenvalue weighted by atomic mass is 14.2. The molecule has 24 heavy (non-hydrogen) atoms. The van der Waals surface area contributed by atoms with E-state index in [2.05, 4.69) is 78.9 Å². The van der Waals surface area contributed by atoms with Crippen molar-refractivity contribution in [2.75, 3.05) is 0 Å². The topological polar surface area (TPSA) is 0 Å². The van der Waals surface area contributed by atoms with Crippen molar-refractivity contribution >= 4 is 12.2 Å². The quantitative estimate of drug-likeness (QED) is 0.637. The van der Waals surface area contributed by atoms with Gasteiger partial charge in [-0.2, -0.15) is 0 Å². The van der Waals surface area contributed by atoms with Crippen molar-refractivity contribution in [1.82, 2.24) is 0 Å². The standard InChI is InChI=1S/C24H20/c1-2-8-17(9-3-1)23-16-19-11-5-6-12-20(19)22-15-14-18-10-4-7-13-21(18)24(22)23/h1-3,5-6,8-12,14-16,23H,4,7,13H2. The van der Waals surface area contributed by atoms with Crippen molar-refractivity contribution in [3.63, 3.8) is 0 Å². The van der Waals surface area contributed by atoms with E-state index in [1.54, 1.807) is 5.56 Å². The van der Waals surface area contributed by atoms with Crippen LogP contribution in [-0.2, 0) is 6.42 Å². The molecule has 0 radical (unpaired) electrons. The molecule has 0 spiro atoms. The number of fused-ring (bicyclic) bond motifs is 4. The summed E-state index contributed by atoms with van der Waals surface area (Å²) >= 11 is 0. The molecule has 0 aromatic heterocycles. The van der Waals surface area contributed by atoms with E-state index in [4.69, 9.17) is 0 Å². The van der Waals surface area contributed by atoms with Crippen molar-refractivity contribution in [2.24, 2.45) is 0 Å². The second-order valence-corrected chi connectivity index (χ2v) is 6.83. The van der Waals surface area contributed by atoms with Gasteiger partial charge in [-0.25, -0.2) is 0 Å². The van der Waals surface area contributed by atoms with Gasteiger partial charge in [0.2, 0.25) is 0 Å². The fourth-order valence-corrected chi connectivity index (χ4v) is 4.35. The van der Waals surface area contributed by atoms with Crippen molar-refractivity contribution in [3.05, 3.63) is 104 Å². The summed E-state index contributed by atoms with van der Waals surface area (Å²) in [4.78, 5) is 0. The van der Waals surface area contributed by atoms with E-state index in [0.717, 1.165) is 0 Å². The highest BCUT2D eigenvalue weighted by Crippen LogP contribution is 2.32. The Bertz CT molecular complexity index is 1120. The van der Waals surface area contributed by atoms with Gasteiger partial charge in [0.05, 0.1) is 0 Å². The van der Waals surface area contributed by atoms with E-state index in [1.165, 1.54) is 51.3 Å². The Morgan fingerprint density at radius 2 is 1.54 bits per heavy atom. The molecule has 0 heterocycles. The highest BCUT2D eigenvalue weighted by molar-refractivity contribution is 5.57. The van der Waals surface area contributed by atoms with Gasteiger partial charge in [0.25, 0.3) is 0 Å². The number of rotatable bonds is 1. The van der Waals surface area contributed by atoms with Crippen LogP contribution in [0.1, 0.15) is 35.4 Å². The summed E-state index contributed by atoms with van der Waals surface area (Å²) in [6.07, 6.45) is 8.56. The summed E-state index contributed by atoms with van der Waals surface area (Å²) < 4.78 is 0. The summed E-state index contributed by atoms with van der Waals surface area (Å²) in [7, 11) is 0. The Kier molecular flexibility index (Phi) is 3.16. The summed E-state index contributed by atoms with van der Waals surface area (Å²) in [6, 6.07) is 24.5. The minimum atomic E-state index is 0.359. The zero-order valence-electron chi connectivity index (χ0n) is 13.7. The van der Waals surface area contributed by atoms with Gasteiger partial charge in [0, 0.05) is 5.92 Å². The molecule has 5 rings (SSSR count). The predicted octanol–water partition coefficient (Wildman–Crippen LogP) is 4.02. The molecule has 0 saturated heterocycles. The molecule has 0 bridgehead atoms. The third-order valence-corrected chi connectivity index (χ3v) is 5.46. The molecule has 3 aromatic rings. The van der Waals surface area contributed by atoms with Crippen LogP contribution in [0.4, 0.5) is 0 Å². The molecule has 0 amide bonds.